The Morgan fingerprint density at radius 2 is 2.21 bits per heavy atom. The van der Waals surface area contributed by atoms with Crippen LogP contribution in [0, 0.1) is 5.92 Å². The molecule has 5 rings (SSSR count). The van der Waals surface area contributed by atoms with Gasteiger partial charge in [0, 0.05) is 46.0 Å². The third kappa shape index (κ3) is 2.72. The molecule has 28 heavy (non-hydrogen) atoms. The average Bonchev–Trinajstić information content (AvgIpc) is 3.29. The van der Waals surface area contributed by atoms with Crippen LogP contribution in [0.4, 0.5) is 16.0 Å². The van der Waals surface area contributed by atoms with Gasteiger partial charge in [-0.25, -0.2) is 23.9 Å². The molecule has 2 atom stereocenters. The number of pyridine rings is 3. The highest BCUT2D eigenvalue weighted by atomic mass is 19.1. The topological polar surface area (TPSA) is 97.1 Å². The number of nitrogens with zero attached hydrogens (tertiary/aromatic N) is 5. The van der Waals surface area contributed by atoms with Crippen molar-refractivity contribution in [1.29, 1.82) is 0 Å². The normalized spacial score (nSPS) is 20.4. The van der Waals surface area contributed by atoms with E-state index in [1.165, 1.54) is 12.4 Å². The summed E-state index contributed by atoms with van der Waals surface area (Å²) in [5, 5.41) is 10.4. The maximum Gasteiger partial charge on any atom is 0.231 e. The third-order valence-electron chi connectivity index (χ3n) is 4.67. The standard InChI is InChI=1S/C19H16FN7O/c1-21-17-12-8-22-15(24-19(28)11-6-14(11)20)7-10(12)13(9-23-17)18-25-16-4-2-3-5-27(16)26-18/h2-5,7-9,11,14H,6H2,1H3,(H,21,23)(H,22,24,28)/t11-,14-/m1/s1/i1D3. The minimum atomic E-state index is -2.46. The van der Waals surface area contributed by atoms with E-state index in [-0.39, 0.29) is 18.1 Å². The highest BCUT2D eigenvalue weighted by molar-refractivity contribution is 6.03. The van der Waals surface area contributed by atoms with Crippen molar-refractivity contribution in [3.05, 3.63) is 42.9 Å². The minimum absolute atomic E-state index is 0.110. The lowest BCUT2D eigenvalue weighted by Crippen LogP contribution is -2.15. The lowest BCUT2D eigenvalue weighted by atomic mass is 10.1. The van der Waals surface area contributed by atoms with Gasteiger partial charge < -0.3 is 10.6 Å². The van der Waals surface area contributed by atoms with Gasteiger partial charge in [0.05, 0.1) is 5.92 Å². The molecular weight excluding hydrogens is 361 g/mol. The molecule has 1 aliphatic rings. The highest BCUT2D eigenvalue weighted by Crippen LogP contribution is 2.35. The van der Waals surface area contributed by atoms with Crippen LogP contribution in [0.25, 0.3) is 27.8 Å². The predicted octanol–water partition coefficient (Wildman–Crippen LogP) is 2.68. The van der Waals surface area contributed by atoms with Crippen LogP contribution < -0.4 is 10.6 Å². The zero-order valence-electron chi connectivity index (χ0n) is 17.4. The van der Waals surface area contributed by atoms with E-state index in [0.29, 0.717) is 27.8 Å². The molecule has 0 saturated heterocycles. The maximum absolute atomic E-state index is 13.2. The van der Waals surface area contributed by atoms with Crippen molar-refractivity contribution in [3.63, 3.8) is 0 Å². The fourth-order valence-corrected chi connectivity index (χ4v) is 3.08. The van der Waals surface area contributed by atoms with Gasteiger partial charge >= 0.3 is 0 Å². The monoisotopic (exact) mass is 380 g/mol. The van der Waals surface area contributed by atoms with Gasteiger partial charge in [0.1, 0.15) is 17.8 Å². The van der Waals surface area contributed by atoms with E-state index >= 15 is 0 Å². The largest absolute Gasteiger partial charge is 0.373 e. The van der Waals surface area contributed by atoms with Crippen molar-refractivity contribution in [2.75, 3.05) is 17.6 Å². The molecule has 0 unspecified atom stereocenters. The first-order valence-corrected chi connectivity index (χ1v) is 8.62. The van der Waals surface area contributed by atoms with Crippen LogP contribution in [-0.2, 0) is 4.79 Å². The molecule has 1 amide bonds. The summed E-state index contributed by atoms with van der Waals surface area (Å²) in [6, 6.07) is 7.03. The molecule has 140 valence electrons. The van der Waals surface area contributed by atoms with Crippen LogP contribution >= 0.6 is 0 Å². The molecule has 0 aliphatic heterocycles. The molecule has 2 N–H and O–H groups in total. The van der Waals surface area contributed by atoms with E-state index in [1.807, 2.05) is 12.1 Å². The number of halogens is 1. The van der Waals surface area contributed by atoms with Crippen LogP contribution in [0.2, 0.25) is 0 Å². The van der Waals surface area contributed by atoms with Gasteiger partial charge in [-0.15, -0.1) is 5.10 Å². The highest BCUT2D eigenvalue weighted by Gasteiger charge is 2.43. The summed E-state index contributed by atoms with van der Waals surface area (Å²) in [5.74, 6) is -0.408. The molecule has 0 radical (unpaired) electrons. The molecule has 8 nitrogen and oxygen atoms in total. The van der Waals surface area contributed by atoms with Gasteiger partial charge in [-0.2, -0.15) is 0 Å². The number of aromatic nitrogens is 5. The maximum atomic E-state index is 13.2. The van der Waals surface area contributed by atoms with E-state index in [2.05, 4.69) is 30.7 Å². The fourth-order valence-electron chi connectivity index (χ4n) is 3.08. The number of rotatable bonds is 4. The van der Waals surface area contributed by atoms with E-state index in [9.17, 15) is 9.18 Å². The second-order valence-corrected chi connectivity index (χ2v) is 6.55. The lowest BCUT2D eigenvalue weighted by molar-refractivity contribution is -0.117. The Balaban J connectivity index is 1.63. The summed E-state index contributed by atoms with van der Waals surface area (Å²) >= 11 is 0. The number of fused-ring (bicyclic) bond motifs is 2. The van der Waals surface area contributed by atoms with Gasteiger partial charge in [-0.3, -0.25) is 4.79 Å². The van der Waals surface area contributed by atoms with Crippen molar-refractivity contribution in [2.45, 2.75) is 12.6 Å². The minimum Gasteiger partial charge on any atom is -0.373 e. The van der Waals surface area contributed by atoms with Gasteiger partial charge in [-0.1, -0.05) is 6.07 Å². The summed E-state index contributed by atoms with van der Waals surface area (Å²) in [4.78, 5) is 25.1. The van der Waals surface area contributed by atoms with E-state index in [4.69, 9.17) is 4.11 Å². The second-order valence-electron chi connectivity index (χ2n) is 6.55. The Bertz CT molecular complexity index is 1290. The number of anilines is 2. The first-order valence-electron chi connectivity index (χ1n) is 10.1. The average molecular weight is 380 g/mol. The molecule has 4 aromatic rings. The number of alkyl halides is 1. The molecule has 1 saturated carbocycles. The SMILES string of the molecule is [2H]C([2H])([2H])Nc1ncc(-c2nc3ccccn3n2)c2cc(NC(=O)[C@@H]3C[C@H]3F)ncc12. The van der Waals surface area contributed by atoms with Crippen molar-refractivity contribution in [1.82, 2.24) is 24.6 Å². The number of hydrogen-bond donors (Lipinski definition) is 2. The van der Waals surface area contributed by atoms with Crippen molar-refractivity contribution < 1.29 is 13.3 Å². The molecule has 4 aromatic heterocycles. The summed E-state index contributed by atoms with van der Waals surface area (Å²) in [6.45, 7) is -2.46. The number of carbonyl (C=O) groups excluding carboxylic acids is 1. The van der Waals surface area contributed by atoms with Gasteiger partial charge in [0.15, 0.2) is 11.5 Å². The predicted molar refractivity (Wildman–Crippen MR) is 103 cm³/mol. The number of amides is 1. The first kappa shape index (κ1) is 13.5. The van der Waals surface area contributed by atoms with Crippen LogP contribution in [0.1, 0.15) is 10.5 Å². The zero-order chi connectivity index (χ0) is 21.8. The van der Waals surface area contributed by atoms with Crippen LogP contribution in [0.3, 0.4) is 0 Å². The summed E-state index contributed by atoms with van der Waals surface area (Å²) in [5.41, 5.74) is 1.16. The van der Waals surface area contributed by atoms with Gasteiger partial charge in [-0.05, 0) is 24.6 Å². The summed E-state index contributed by atoms with van der Waals surface area (Å²) in [6.07, 6.45) is 3.70. The quantitative estimate of drug-likeness (QED) is 0.565. The molecule has 1 aliphatic carbocycles. The van der Waals surface area contributed by atoms with E-state index in [1.54, 1.807) is 22.8 Å². The first-order chi connectivity index (χ1) is 14.8. The number of nitrogens with one attached hydrogen (secondary N) is 2. The Morgan fingerprint density at radius 3 is 3.00 bits per heavy atom. The van der Waals surface area contributed by atoms with Crippen LogP contribution in [0.5, 0.6) is 0 Å². The Hall–Kier alpha value is -3.62. The molecule has 1 fully saturated rings. The number of carbonyl (C=O) groups is 1. The number of hydrogen-bond acceptors (Lipinski definition) is 6. The molecular formula is C19H16FN7O. The van der Waals surface area contributed by atoms with Crippen molar-refractivity contribution >= 4 is 34.0 Å². The zero-order valence-corrected chi connectivity index (χ0v) is 14.4. The van der Waals surface area contributed by atoms with Gasteiger partial charge in [0.2, 0.25) is 5.91 Å². The van der Waals surface area contributed by atoms with Crippen LogP contribution in [0.15, 0.2) is 42.9 Å². The van der Waals surface area contributed by atoms with E-state index < -0.39 is 25.0 Å². The van der Waals surface area contributed by atoms with Crippen LogP contribution in [-0.4, -0.2) is 43.6 Å². The molecule has 9 heteroatoms. The second kappa shape index (κ2) is 6.22. The van der Waals surface area contributed by atoms with Crippen molar-refractivity contribution in [3.8, 4) is 11.4 Å². The third-order valence-corrected chi connectivity index (χ3v) is 4.67. The Labute approximate surface area is 163 Å². The molecule has 0 spiro atoms. The van der Waals surface area contributed by atoms with Crippen molar-refractivity contribution in [2.24, 2.45) is 5.92 Å². The van der Waals surface area contributed by atoms with E-state index in [0.717, 1.165) is 0 Å². The van der Waals surface area contributed by atoms with Gasteiger partial charge in [0.25, 0.3) is 0 Å². The summed E-state index contributed by atoms with van der Waals surface area (Å²) in [7, 11) is 0. The smallest absolute Gasteiger partial charge is 0.231 e. The molecule has 0 aromatic carbocycles. The Morgan fingerprint density at radius 1 is 1.32 bits per heavy atom. The summed E-state index contributed by atoms with van der Waals surface area (Å²) < 4.78 is 37.3. The molecule has 0 bridgehead atoms. The Kier molecular flexibility index (Phi) is 3.01. The lowest BCUT2D eigenvalue weighted by Gasteiger charge is -2.10. The fraction of sp³-hybridized carbons (Fsp3) is 0.211. The molecule has 4 heterocycles.